The molecule has 30 heavy (non-hydrogen) atoms. The van der Waals surface area contributed by atoms with Gasteiger partial charge < -0.3 is 15.3 Å². The van der Waals surface area contributed by atoms with Crippen LogP contribution >= 0.6 is 0 Å². The number of rotatable bonds is 6. The molecule has 1 unspecified atom stereocenters. The van der Waals surface area contributed by atoms with Crippen LogP contribution < -0.4 is 10.2 Å². The van der Waals surface area contributed by atoms with Gasteiger partial charge in [0.25, 0.3) is 0 Å². The van der Waals surface area contributed by atoms with Gasteiger partial charge in [-0.05, 0) is 29.3 Å². The maximum Gasteiger partial charge on any atom is 0.307 e. The van der Waals surface area contributed by atoms with E-state index in [-0.39, 0.29) is 24.4 Å². The Hall–Kier alpha value is -3.88. The van der Waals surface area contributed by atoms with Crippen LogP contribution in [0.15, 0.2) is 47.2 Å². The smallest absolute Gasteiger partial charge is 0.307 e. The van der Waals surface area contributed by atoms with Crippen molar-refractivity contribution < 1.29 is 28.3 Å². The third kappa shape index (κ3) is 3.34. The second-order valence-electron chi connectivity index (χ2n) is 6.90. The highest BCUT2D eigenvalue weighted by molar-refractivity contribution is 6.33. The van der Waals surface area contributed by atoms with Crippen molar-refractivity contribution in [3.8, 4) is 0 Å². The molecule has 0 fully saturated rings. The monoisotopic (exact) mass is 411 g/mol. The Balaban J connectivity index is 1.88. The minimum Gasteiger partial charge on any atom is -0.481 e. The van der Waals surface area contributed by atoms with Crippen molar-refractivity contribution in [2.75, 3.05) is 10.2 Å². The first-order valence-electron chi connectivity index (χ1n) is 8.96. The Morgan fingerprint density at radius 1 is 1.23 bits per heavy atom. The molecule has 9 heteroatoms. The molecule has 1 amide bonds. The lowest BCUT2D eigenvalue weighted by Gasteiger charge is -2.23. The molecule has 2 heterocycles. The minimum atomic E-state index is -1.10. The lowest BCUT2D eigenvalue weighted by molar-refractivity contribution is -0.136. The molecule has 2 aliphatic heterocycles. The molecule has 1 atom stereocenters. The van der Waals surface area contributed by atoms with Gasteiger partial charge in [0, 0.05) is 30.1 Å². The number of amides is 1. The summed E-state index contributed by atoms with van der Waals surface area (Å²) in [6, 6.07) is 6.32. The summed E-state index contributed by atoms with van der Waals surface area (Å²) in [5, 5.41) is 11.7. The fraction of sp³-hybridized carbons (Fsp3) is 0.143. The van der Waals surface area contributed by atoms with E-state index in [1.54, 1.807) is 17.0 Å². The largest absolute Gasteiger partial charge is 0.481 e. The van der Waals surface area contributed by atoms with Gasteiger partial charge in [-0.2, -0.15) is 0 Å². The predicted octanol–water partition coefficient (Wildman–Crippen LogP) is 2.76. The Kier molecular flexibility index (Phi) is 4.86. The van der Waals surface area contributed by atoms with Gasteiger partial charge >= 0.3 is 5.97 Å². The molecule has 0 radical (unpaired) electrons. The molecular weight excluding hydrogens is 396 g/mol. The first-order valence-corrected chi connectivity index (χ1v) is 8.96. The zero-order chi connectivity index (χ0) is 21.4. The van der Waals surface area contributed by atoms with Crippen LogP contribution in [0.2, 0.25) is 0 Å². The Bertz CT molecular complexity index is 1120. The number of nitrogens with one attached hydrogen (secondary N) is 1. The lowest BCUT2D eigenvalue weighted by atomic mass is 9.90. The van der Waals surface area contributed by atoms with Crippen molar-refractivity contribution in [3.05, 3.63) is 70.6 Å². The number of ketones is 1. The van der Waals surface area contributed by atoms with E-state index in [0.717, 1.165) is 12.3 Å². The van der Waals surface area contributed by atoms with E-state index in [1.165, 1.54) is 18.3 Å². The van der Waals surface area contributed by atoms with Gasteiger partial charge in [0.2, 0.25) is 6.41 Å². The summed E-state index contributed by atoms with van der Waals surface area (Å²) < 4.78 is 27.4. The normalized spacial score (nSPS) is 16.7. The number of hydrogen-bond donors (Lipinski definition) is 2. The molecule has 2 aromatic rings. The van der Waals surface area contributed by atoms with E-state index in [0.29, 0.717) is 34.5 Å². The highest BCUT2D eigenvalue weighted by Gasteiger charge is 2.41. The quantitative estimate of drug-likeness (QED) is 0.713. The molecule has 0 saturated carbocycles. The van der Waals surface area contributed by atoms with E-state index < -0.39 is 23.5 Å². The second-order valence-corrected chi connectivity index (χ2v) is 6.90. The number of nitrogens with zero attached hydrogens (tertiary/aromatic N) is 2. The number of hydrogen-bond acceptors (Lipinski definition) is 5. The van der Waals surface area contributed by atoms with E-state index >= 15 is 0 Å². The van der Waals surface area contributed by atoms with Gasteiger partial charge in [-0.3, -0.25) is 19.4 Å². The lowest BCUT2D eigenvalue weighted by Crippen LogP contribution is -2.24. The molecule has 2 aromatic carbocycles. The van der Waals surface area contributed by atoms with Crippen LogP contribution in [0.3, 0.4) is 0 Å². The summed E-state index contributed by atoms with van der Waals surface area (Å²) in [5.41, 5.74) is 2.33. The van der Waals surface area contributed by atoms with Gasteiger partial charge in [0.05, 0.1) is 29.9 Å². The average Bonchev–Trinajstić information content (AvgIpc) is 2.98. The van der Waals surface area contributed by atoms with Crippen molar-refractivity contribution in [2.24, 2.45) is 4.99 Å². The maximum atomic E-state index is 13.7. The van der Waals surface area contributed by atoms with E-state index in [2.05, 4.69) is 10.3 Å². The molecule has 2 aliphatic rings. The molecule has 2 N–H and O–H groups in total. The second kappa shape index (κ2) is 7.51. The topological polar surface area (TPSA) is 99.1 Å². The van der Waals surface area contributed by atoms with Crippen LogP contribution in [-0.2, 0) is 27.3 Å². The van der Waals surface area contributed by atoms with Crippen molar-refractivity contribution in [1.82, 2.24) is 0 Å². The molecule has 0 spiro atoms. The summed E-state index contributed by atoms with van der Waals surface area (Å²) in [4.78, 5) is 40.8. The standard InChI is InChI=1S/C21H15F2N3O4/c22-13-3-11(4-14(23)6-13)9-26-15-2-1-12(5-18(29)30)21(25-10-27)20(15)19-16(26)7-24-8-17(19)28/h1-4,6-8,10,19H,5,9H2,(H,25,27)(H,29,30). The van der Waals surface area contributed by atoms with Crippen molar-refractivity contribution in [3.63, 3.8) is 0 Å². The summed E-state index contributed by atoms with van der Waals surface area (Å²) in [5.74, 6) is -3.71. The zero-order valence-electron chi connectivity index (χ0n) is 15.4. The van der Waals surface area contributed by atoms with Gasteiger partial charge in [-0.1, -0.05) is 6.07 Å². The average molecular weight is 411 g/mol. The fourth-order valence-corrected chi connectivity index (χ4v) is 3.92. The van der Waals surface area contributed by atoms with Gasteiger partial charge in [-0.25, -0.2) is 8.78 Å². The number of Topliss-reactive ketones (excluding diaryl/α,β-unsaturated/α-hetero) is 1. The van der Waals surface area contributed by atoms with E-state index in [1.807, 2.05) is 0 Å². The molecule has 0 bridgehead atoms. The van der Waals surface area contributed by atoms with E-state index in [4.69, 9.17) is 0 Å². The molecule has 4 rings (SSSR count). The number of benzene rings is 2. The number of carboxylic acid groups (broad SMARTS) is 1. The first-order chi connectivity index (χ1) is 14.4. The van der Waals surface area contributed by atoms with Crippen LogP contribution in [0.25, 0.3) is 0 Å². The predicted molar refractivity (Wildman–Crippen MR) is 104 cm³/mol. The molecule has 0 saturated heterocycles. The Morgan fingerprint density at radius 3 is 2.63 bits per heavy atom. The SMILES string of the molecule is O=CNc1c(CC(=O)O)ccc2c1C1C(=O)C=NC=C1N2Cc1cc(F)cc(F)c1. The number of aliphatic imine (C=N–C) groups is 1. The first kappa shape index (κ1) is 19.4. The van der Waals surface area contributed by atoms with Crippen molar-refractivity contribution in [2.45, 2.75) is 18.9 Å². The number of carbonyl (C=O) groups is 3. The maximum absolute atomic E-state index is 13.7. The summed E-state index contributed by atoms with van der Waals surface area (Å²) in [6.45, 7) is 0.0472. The summed E-state index contributed by atoms with van der Waals surface area (Å²) in [7, 11) is 0. The number of carboxylic acids is 1. The molecular formula is C21H15F2N3O4. The van der Waals surface area contributed by atoms with Crippen molar-refractivity contribution >= 4 is 35.8 Å². The van der Waals surface area contributed by atoms with Crippen LogP contribution in [0.5, 0.6) is 0 Å². The molecule has 0 aromatic heterocycles. The van der Waals surface area contributed by atoms with Crippen LogP contribution in [-0.4, -0.2) is 29.5 Å². The minimum absolute atomic E-state index is 0.0472. The number of halogens is 2. The van der Waals surface area contributed by atoms with Crippen LogP contribution in [0.1, 0.15) is 22.6 Å². The number of allylic oxidation sites excluding steroid dienone is 1. The molecule has 7 nitrogen and oxygen atoms in total. The third-order valence-corrected chi connectivity index (χ3v) is 5.00. The number of aliphatic carboxylic acids is 1. The van der Waals surface area contributed by atoms with Crippen molar-refractivity contribution in [1.29, 1.82) is 0 Å². The Labute approximate surface area is 169 Å². The number of fused-ring (bicyclic) bond motifs is 3. The molecule has 0 aliphatic carbocycles. The zero-order valence-corrected chi connectivity index (χ0v) is 15.4. The van der Waals surface area contributed by atoms with Crippen LogP contribution in [0, 0.1) is 11.6 Å². The highest BCUT2D eigenvalue weighted by atomic mass is 19.1. The highest BCUT2D eigenvalue weighted by Crippen LogP contribution is 2.50. The van der Waals surface area contributed by atoms with E-state index in [9.17, 15) is 28.3 Å². The Morgan fingerprint density at radius 2 is 1.97 bits per heavy atom. The summed E-state index contributed by atoms with van der Waals surface area (Å²) in [6.07, 6.45) is 2.68. The number of anilines is 2. The van der Waals surface area contributed by atoms with Gasteiger partial charge in [0.1, 0.15) is 11.6 Å². The van der Waals surface area contributed by atoms with Gasteiger partial charge in [-0.15, -0.1) is 0 Å². The fourth-order valence-electron chi connectivity index (χ4n) is 3.92. The number of carbonyl (C=O) groups excluding carboxylic acids is 2. The van der Waals surface area contributed by atoms with Crippen LogP contribution in [0.4, 0.5) is 20.2 Å². The molecule has 152 valence electrons. The third-order valence-electron chi connectivity index (χ3n) is 5.00. The van der Waals surface area contributed by atoms with Gasteiger partial charge in [0.15, 0.2) is 5.78 Å². The summed E-state index contributed by atoms with van der Waals surface area (Å²) >= 11 is 0.